The van der Waals surface area contributed by atoms with E-state index in [1.807, 2.05) is 68.4 Å². The Morgan fingerprint density at radius 1 is 1.05 bits per heavy atom. The molecule has 3 aromatic heterocycles. The second-order valence-electron chi connectivity index (χ2n) is 9.96. The molecule has 1 aliphatic rings. The Bertz CT molecular complexity index is 1730. The number of carbonyl (C=O) groups is 1. The van der Waals surface area contributed by atoms with Crippen LogP contribution in [-0.4, -0.2) is 48.8 Å². The van der Waals surface area contributed by atoms with Crippen LogP contribution < -0.4 is 5.56 Å². The van der Waals surface area contributed by atoms with Gasteiger partial charge in [-0.15, -0.1) is 10.2 Å². The lowest BCUT2D eigenvalue weighted by Gasteiger charge is -2.14. The fourth-order valence-corrected chi connectivity index (χ4v) is 5.83. The lowest BCUT2D eigenvalue weighted by atomic mass is 10.1. The number of hydrogen-bond donors (Lipinski definition) is 0. The molecule has 5 aromatic rings. The molecular weight excluding hydrogens is 526 g/mol. The summed E-state index contributed by atoms with van der Waals surface area (Å²) in [5.41, 5.74) is 3.87. The van der Waals surface area contributed by atoms with E-state index in [4.69, 9.17) is 9.15 Å². The molecule has 4 heterocycles. The highest BCUT2D eigenvalue weighted by atomic mass is 32.2. The Hall–Kier alpha value is -4.02. The van der Waals surface area contributed by atoms with Crippen LogP contribution >= 0.6 is 11.8 Å². The summed E-state index contributed by atoms with van der Waals surface area (Å²) in [4.78, 5) is 26.3. The van der Waals surface area contributed by atoms with Crippen molar-refractivity contribution in [3.63, 3.8) is 0 Å². The first-order valence-corrected chi connectivity index (χ1v) is 14.3. The van der Waals surface area contributed by atoms with Gasteiger partial charge in [-0.25, -0.2) is 4.68 Å². The van der Waals surface area contributed by atoms with Gasteiger partial charge in [-0.2, -0.15) is 5.10 Å². The van der Waals surface area contributed by atoms with Gasteiger partial charge in [0.25, 0.3) is 16.7 Å². The normalized spacial score (nSPS) is 15.2. The maximum Gasteiger partial charge on any atom is 0.277 e. The Kier molecular flexibility index (Phi) is 7.36. The second kappa shape index (κ2) is 11.2. The summed E-state index contributed by atoms with van der Waals surface area (Å²) in [7, 11) is 0. The van der Waals surface area contributed by atoms with E-state index >= 15 is 0 Å². The lowest BCUT2D eigenvalue weighted by molar-refractivity contribution is 0.0957. The molecule has 1 atom stereocenters. The van der Waals surface area contributed by atoms with Gasteiger partial charge in [0.05, 0.1) is 23.8 Å². The minimum absolute atomic E-state index is 0.00331. The van der Waals surface area contributed by atoms with Crippen LogP contribution in [0.3, 0.4) is 0 Å². The van der Waals surface area contributed by atoms with Crippen molar-refractivity contribution >= 4 is 28.3 Å². The number of nitrogens with zero attached hydrogens (tertiary/aromatic N) is 5. The molecule has 6 rings (SSSR count). The van der Waals surface area contributed by atoms with E-state index in [1.165, 1.54) is 16.4 Å². The number of benzene rings is 2. The molecule has 9 nitrogen and oxygen atoms in total. The predicted molar refractivity (Wildman–Crippen MR) is 153 cm³/mol. The number of ether oxygens (including phenoxy) is 1. The molecule has 0 radical (unpaired) electrons. The van der Waals surface area contributed by atoms with Crippen LogP contribution in [0, 0.1) is 13.8 Å². The number of thioether (sulfide) groups is 1. The van der Waals surface area contributed by atoms with Crippen molar-refractivity contribution in [1.29, 1.82) is 0 Å². The zero-order valence-electron chi connectivity index (χ0n) is 22.4. The van der Waals surface area contributed by atoms with E-state index in [0.29, 0.717) is 28.6 Å². The SMILES string of the molecule is Cc1cc(C(=O)CSc2nnc(-c3nn(Cc4ccccc4)c(=O)c4ccccc34)o2)c(C)n1CC1CCCO1. The Morgan fingerprint density at radius 3 is 2.60 bits per heavy atom. The van der Waals surface area contributed by atoms with Crippen molar-refractivity contribution in [3.05, 3.63) is 93.5 Å². The van der Waals surface area contributed by atoms with Crippen molar-refractivity contribution in [2.75, 3.05) is 12.4 Å². The Labute approximate surface area is 235 Å². The van der Waals surface area contributed by atoms with E-state index in [1.54, 1.807) is 6.07 Å². The van der Waals surface area contributed by atoms with Gasteiger partial charge in [-0.3, -0.25) is 9.59 Å². The zero-order chi connectivity index (χ0) is 27.6. The number of aryl methyl sites for hydroxylation is 1. The molecule has 0 aliphatic carbocycles. The molecule has 0 saturated carbocycles. The summed E-state index contributed by atoms with van der Waals surface area (Å²) in [5, 5.41) is 14.4. The van der Waals surface area contributed by atoms with E-state index in [0.717, 1.165) is 42.9 Å². The molecule has 1 saturated heterocycles. The number of rotatable bonds is 9. The number of fused-ring (bicyclic) bond motifs is 1. The van der Waals surface area contributed by atoms with Gasteiger partial charge in [0.1, 0.15) is 0 Å². The van der Waals surface area contributed by atoms with Crippen LogP contribution in [0.4, 0.5) is 0 Å². The third-order valence-electron chi connectivity index (χ3n) is 7.26. The fraction of sp³-hybridized carbons (Fsp3) is 0.300. The highest BCUT2D eigenvalue weighted by Crippen LogP contribution is 2.28. The van der Waals surface area contributed by atoms with Crippen LogP contribution in [0.5, 0.6) is 0 Å². The second-order valence-corrected chi connectivity index (χ2v) is 10.9. The summed E-state index contributed by atoms with van der Waals surface area (Å²) in [6, 6.07) is 18.9. The highest BCUT2D eigenvalue weighted by Gasteiger charge is 2.22. The van der Waals surface area contributed by atoms with Gasteiger partial charge in [0, 0.05) is 35.5 Å². The molecule has 0 amide bonds. The Morgan fingerprint density at radius 2 is 1.82 bits per heavy atom. The van der Waals surface area contributed by atoms with E-state index < -0.39 is 0 Å². The lowest BCUT2D eigenvalue weighted by Crippen LogP contribution is -2.24. The van der Waals surface area contributed by atoms with Crippen LogP contribution in [-0.2, 0) is 17.8 Å². The standard InChI is InChI=1S/C30H29N5O4S/c1-19-15-25(20(2)34(19)17-22-11-8-14-38-22)26(36)18-40-30-32-31-28(39-30)27-23-12-6-7-13-24(23)29(37)35(33-27)16-21-9-4-3-5-10-21/h3-7,9-10,12-13,15,22H,8,11,14,16-18H2,1-2H3. The average Bonchev–Trinajstić information content (AvgIpc) is 3.72. The largest absolute Gasteiger partial charge is 0.409 e. The molecule has 1 unspecified atom stereocenters. The zero-order valence-corrected chi connectivity index (χ0v) is 23.2. The summed E-state index contributed by atoms with van der Waals surface area (Å²) in [6.45, 7) is 5.88. The third-order valence-corrected chi connectivity index (χ3v) is 8.08. The van der Waals surface area contributed by atoms with Crippen molar-refractivity contribution in [2.45, 2.75) is 51.1 Å². The van der Waals surface area contributed by atoms with E-state index in [9.17, 15) is 9.59 Å². The minimum atomic E-state index is -0.194. The molecule has 1 aliphatic heterocycles. The molecular formula is C30H29N5O4S. The molecule has 0 spiro atoms. The van der Waals surface area contributed by atoms with Crippen molar-refractivity contribution in [1.82, 2.24) is 24.5 Å². The molecule has 2 aromatic carbocycles. The van der Waals surface area contributed by atoms with Crippen LogP contribution in [0.25, 0.3) is 22.4 Å². The van der Waals surface area contributed by atoms with Gasteiger partial charge >= 0.3 is 0 Å². The summed E-state index contributed by atoms with van der Waals surface area (Å²) in [5.74, 6) is 0.354. The molecule has 40 heavy (non-hydrogen) atoms. The fourth-order valence-electron chi connectivity index (χ4n) is 5.18. The summed E-state index contributed by atoms with van der Waals surface area (Å²) < 4.78 is 15.3. The third kappa shape index (κ3) is 5.24. The number of aromatic nitrogens is 5. The smallest absolute Gasteiger partial charge is 0.277 e. The number of hydrogen-bond acceptors (Lipinski definition) is 8. The average molecular weight is 556 g/mol. The molecule has 10 heteroatoms. The van der Waals surface area contributed by atoms with Crippen LogP contribution in [0.15, 0.2) is 75.1 Å². The monoisotopic (exact) mass is 555 g/mol. The minimum Gasteiger partial charge on any atom is -0.409 e. The van der Waals surface area contributed by atoms with Crippen LogP contribution in [0.1, 0.15) is 40.2 Å². The predicted octanol–water partition coefficient (Wildman–Crippen LogP) is 5.07. The maximum absolute atomic E-state index is 13.2. The number of ketones is 1. The van der Waals surface area contributed by atoms with Crippen molar-refractivity contribution in [2.24, 2.45) is 0 Å². The summed E-state index contributed by atoms with van der Waals surface area (Å²) >= 11 is 1.19. The van der Waals surface area contributed by atoms with Gasteiger partial charge in [0.2, 0.25) is 0 Å². The van der Waals surface area contributed by atoms with Crippen LogP contribution in [0.2, 0.25) is 0 Å². The molecule has 204 valence electrons. The van der Waals surface area contributed by atoms with Gasteiger partial charge in [0.15, 0.2) is 11.5 Å². The quantitative estimate of drug-likeness (QED) is 0.183. The molecule has 0 N–H and O–H groups in total. The number of carbonyl (C=O) groups excluding carboxylic acids is 1. The van der Waals surface area contributed by atoms with Gasteiger partial charge < -0.3 is 13.7 Å². The van der Waals surface area contributed by atoms with E-state index in [2.05, 4.69) is 19.9 Å². The first-order valence-electron chi connectivity index (χ1n) is 13.3. The number of Topliss-reactive ketones (excluding diaryl/α,β-unsaturated/α-hetero) is 1. The van der Waals surface area contributed by atoms with Gasteiger partial charge in [-0.1, -0.05) is 60.3 Å². The van der Waals surface area contributed by atoms with Crippen molar-refractivity contribution < 1.29 is 13.9 Å². The van der Waals surface area contributed by atoms with Gasteiger partial charge in [-0.05, 0) is 44.4 Å². The molecule has 1 fully saturated rings. The van der Waals surface area contributed by atoms with E-state index in [-0.39, 0.29) is 34.3 Å². The maximum atomic E-state index is 13.2. The molecule has 0 bridgehead atoms. The first-order chi connectivity index (χ1) is 19.5. The summed E-state index contributed by atoms with van der Waals surface area (Å²) in [6.07, 6.45) is 2.33. The topological polar surface area (TPSA) is 105 Å². The first kappa shape index (κ1) is 26.2. The Balaban J connectivity index is 1.22. The highest BCUT2D eigenvalue weighted by molar-refractivity contribution is 7.99. The van der Waals surface area contributed by atoms with Crippen molar-refractivity contribution in [3.8, 4) is 11.6 Å².